The van der Waals surface area contributed by atoms with Gasteiger partial charge < -0.3 is 10.6 Å². The molecule has 0 bridgehead atoms. The van der Waals surface area contributed by atoms with E-state index >= 15 is 0 Å². The van der Waals surface area contributed by atoms with Gasteiger partial charge in [0.1, 0.15) is 0 Å². The highest BCUT2D eigenvalue weighted by Gasteiger charge is 2.25. The fraction of sp³-hybridized carbons (Fsp3) is 0.259. The molecular weight excluding hydrogens is 414 g/mol. The molecule has 0 atom stereocenters. The summed E-state index contributed by atoms with van der Waals surface area (Å²) in [4.78, 5) is 15.7. The smallest absolute Gasteiger partial charge is 0.238 e. The van der Waals surface area contributed by atoms with Crippen LogP contribution in [0.25, 0.3) is 0 Å². The van der Waals surface area contributed by atoms with Crippen LogP contribution < -0.4 is 10.6 Å². The standard InChI is InChI=1S/C27H29N3OS/c31-26(25(22-12-6-2-7-13-22)23-14-8-3-9-15-23)29-27(32)28-24-16-18-30(19-17-24)20-21-10-4-1-5-11-21/h1-15,24-25H,16-20H2,(H2,28,29,31,32). The molecule has 0 spiro atoms. The first-order valence-corrected chi connectivity index (χ1v) is 11.6. The first kappa shape index (κ1) is 22.2. The van der Waals surface area contributed by atoms with Crippen LogP contribution in [-0.2, 0) is 11.3 Å². The molecule has 5 heteroatoms. The van der Waals surface area contributed by atoms with Gasteiger partial charge in [0.05, 0.1) is 5.92 Å². The quantitative estimate of drug-likeness (QED) is 0.552. The van der Waals surface area contributed by atoms with Gasteiger partial charge in [-0.3, -0.25) is 9.69 Å². The Balaban J connectivity index is 1.31. The van der Waals surface area contributed by atoms with Gasteiger partial charge in [0, 0.05) is 25.7 Å². The van der Waals surface area contributed by atoms with E-state index in [4.69, 9.17) is 12.2 Å². The molecule has 1 amide bonds. The van der Waals surface area contributed by atoms with E-state index in [2.05, 4.69) is 45.9 Å². The maximum atomic E-state index is 13.2. The highest BCUT2D eigenvalue weighted by molar-refractivity contribution is 7.80. The molecule has 0 aromatic heterocycles. The van der Waals surface area contributed by atoms with Gasteiger partial charge in [-0.1, -0.05) is 91.0 Å². The number of rotatable bonds is 6. The lowest BCUT2D eigenvalue weighted by Gasteiger charge is -2.33. The van der Waals surface area contributed by atoms with Crippen LogP contribution >= 0.6 is 12.2 Å². The fourth-order valence-corrected chi connectivity index (χ4v) is 4.54. The highest BCUT2D eigenvalue weighted by Crippen LogP contribution is 2.24. The summed E-state index contributed by atoms with van der Waals surface area (Å²) >= 11 is 5.51. The highest BCUT2D eigenvalue weighted by atomic mass is 32.1. The number of carbonyl (C=O) groups excluding carboxylic acids is 1. The molecule has 0 saturated carbocycles. The van der Waals surface area contributed by atoms with Crippen molar-refractivity contribution in [1.82, 2.24) is 15.5 Å². The summed E-state index contributed by atoms with van der Waals surface area (Å²) in [5.41, 5.74) is 3.25. The molecule has 0 aliphatic carbocycles. The van der Waals surface area contributed by atoms with E-state index in [1.165, 1.54) is 5.56 Å². The molecule has 0 unspecified atom stereocenters. The lowest BCUT2D eigenvalue weighted by molar-refractivity contribution is -0.120. The molecule has 1 fully saturated rings. The van der Waals surface area contributed by atoms with Crippen LogP contribution in [0.4, 0.5) is 0 Å². The Labute approximate surface area is 195 Å². The zero-order valence-corrected chi connectivity index (χ0v) is 18.9. The van der Waals surface area contributed by atoms with Crippen LogP contribution in [0.15, 0.2) is 91.0 Å². The number of hydrogen-bond donors (Lipinski definition) is 2. The van der Waals surface area contributed by atoms with Crippen LogP contribution in [0.3, 0.4) is 0 Å². The van der Waals surface area contributed by atoms with Crippen molar-refractivity contribution in [2.45, 2.75) is 31.3 Å². The van der Waals surface area contributed by atoms with Crippen molar-refractivity contribution in [3.63, 3.8) is 0 Å². The molecule has 1 saturated heterocycles. The predicted molar refractivity (Wildman–Crippen MR) is 133 cm³/mol. The van der Waals surface area contributed by atoms with Crippen LogP contribution in [0.2, 0.25) is 0 Å². The number of amides is 1. The van der Waals surface area contributed by atoms with Crippen molar-refractivity contribution in [3.8, 4) is 0 Å². The molecule has 2 N–H and O–H groups in total. The number of hydrogen-bond acceptors (Lipinski definition) is 3. The number of carbonyl (C=O) groups is 1. The zero-order chi connectivity index (χ0) is 22.2. The van der Waals surface area contributed by atoms with E-state index in [9.17, 15) is 4.79 Å². The van der Waals surface area contributed by atoms with Crippen LogP contribution in [0.1, 0.15) is 35.4 Å². The Hall–Kier alpha value is -3.02. The minimum absolute atomic E-state index is 0.110. The third-order valence-corrected chi connectivity index (χ3v) is 6.16. The van der Waals surface area contributed by atoms with Gasteiger partial charge in [-0.15, -0.1) is 0 Å². The summed E-state index contributed by atoms with van der Waals surface area (Å²) in [5.74, 6) is -0.508. The summed E-state index contributed by atoms with van der Waals surface area (Å²) in [7, 11) is 0. The zero-order valence-electron chi connectivity index (χ0n) is 18.1. The molecule has 3 aromatic carbocycles. The average Bonchev–Trinajstić information content (AvgIpc) is 2.82. The van der Waals surface area contributed by atoms with Crippen molar-refractivity contribution >= 4 is 23.2 Å². The molecule has 1 aliphatic rings. The van der Waals surface area contributed by atoms with Gasteiger partial charge in [-0.2, -0.15) is 0 Å². The van der Waals surface area contributed by atoms with E-state index in [1.807, 2.05) is 60.7 Å². The van der Waals surface area contributed by atoms with Crippen LogP contribution in [-0.4, -0.2) is 35.1 Å². The molecule has 4 nitrogen and oxygen atoms in total. The Morgan fingerprint density at radius 1 is 0.844 bits per heavy atom. The third kappa shape index (κ3) is 6.02. The summed E-state index contributed by atoms with van der Waals surface area (Å²) in [6, 6.07) is 30.5. The molecule has 1 aliphatic heterocycles. The first-order valence-electron chi connectivity index (χ1n) is 11.2. The van der Waals surface area contributed by atoms with E-state index < -0.39 is 5.92 Å². The Morgan fingerprint density at radius 2 is 1.34 bits per heavy atom. The maximum absolute atomic E-state index is 13.2. The monoisotopic (exact) mass is 443 g/mol. The Morgan fingerprint density at radius 3 is 1.88 bits per heavy atom. The van der Waals surface area contributed by atoms with Crippen molar-refractivity contribution in [1.29, 1.82) is 0 Å². The van der Waals surface area contributed by atoms with E-state index in [1.54, 1.807) is 0 Å². The minimum Gasteiger partial charge on any atom is -0.360 e. The molecule has 32 heavy (non-hydrogen) atoms. The second-order valence-electron chi connectivity index (χ2n) is 8.25. The Kier molecular flexibility index (Phi) is 7.64. The van der Waals surface area contributed by atoms with Crippen molar-refractivity contribution in [2.24, 2.45) is 0 Å². The fourth-order valence-electron chi connectivity index (χ4n) is 4.27. The lowest BCUT2D eigenvalue weighted by atomic mass is 9.90. The predicted octanol–water partition coefficient (Wildman–Crippen LogP) is 4.47. The van der Waals surface area contributed by atoms with Crippen LogP contribution in [0, 0.1) is 0 Å². The maximum Gasteiger partial charge on any atom is 0.238 e. The topological polar surface area (TPSA) is 44.4 Å². The minimum atomic E-state index is -0.398. The van der Waals surface area contributed by atoms with Gasteiger partial charge in [-0.25, -0.2) is 0 Å². The second-order valence-corrected chi connectivity index (χ2v) is 8.66. The number of benzene rings is 3. The van der Waals surface area contributed by atoms with Crippen molar-refractivity contribution in [2.75, 3.05) is 13.1 Å². The SMILES string of the molecule is O=C(NC(=S)NC1CCN(Cc2ccccc2)CC1)C(c1ccccc1)c1ccccc1. The van der Waals surface area contributed by atoms with Gasteiger partial charge in [-0.05, 0) is 41.7 Å². The number of likely N-dealkylation sites (tertiary alicyclic amines) is 1. The van der Waals surface area contributed by atoms with Gasteiger partial charge in [0.25, 0.3) is 0 Å². The second kappa shape index (κ2) is 11.0. The molecule has 4 rings (SSSR count). The largest absolute Gasteiger partial charge is 0.360 e. The molecule has 0 radical (unpaired) electrons. The van der Waals surface area contributed by atoms with E-state index in [0.29, 0.717) is 5.11 Å². The Bertz CT molecular complexity index is 963. The van der Waals surface area contributed by atoms with E-state index in [-0.39, 0.29) is 11.9 Å². The third-order valence-electron chi connectivity index (χ3n) is 5.94. The molecule has 1 heterocycles. The van der Waals surface area contributed by atoms with Gasteiger partial charge in [0.15, 0.2) is 5.11 Å². The summed E-state index contributed by atoms with van der Waals surface area (Å²) in [6.45, 7) is 3.00. The first-order chi connectivity index (χ1) is 15.7. The number of nitrogens with zero attached hydrogens (tertiary/aromatic N) is 1. The normalized spacial score (nSPS) is 14.8. The summed E-state index contributed by atoms with van der Waals surface area (Å²) in [6.07, 6.45) is 2.01. The lowest BCUT2D eigenvalue weighted by Crippen LogP contribution is -2.49. The van der Waals surface area contributed by atoms with Gasteiger partial charge >= 0.3 is 0 Å². The van der Waals surface area contributed by atoms with Gasteiger partial charge in [0.2, 0.25) is 5.91 Å². The molecular formula is C27H29N3OS. The molecule has 164 valence electrons. The summed E-state index contributed by atoms with van der Waals surface area (Å²) < 4.78 is 0. The summed E-state index contributed by atoms with van der Waals surface area (Å²) in [5, 5.41) is 6.72. The number of thiocarbonyl (C=S) groups is 1. The molecule has 3 aromatic rings. The number of nitrogens with one attached hydrogen (secondary N) is 2. The van der Waals surface area contributed by atoms with Crippen molar-refractivity contribution in [3.05, 3.63) is 108 Å². The van der Waals surface area contributed by atoms with Crippen LogP contribution in [0.5, 0.6) is 0 Å². The van der Waals surface area contributed by atoms with Crippen molar-refractivity contribution < 1.29 is 4.79 Å². The average molecular weight is 444 g/mol. The van der Waals surface area contributed by atoms with E-state index in [0.717, 1.165) is 43.6 Å². The number of piperidine rings is 1.